The van der Waals surface area contributed by atoms with Crippen LogP contribution in [0.15, 0.2) is 23.1 Å². The number of benzene rings is 1. The third-order valence-electron chi connectivity index (χ3n) is 2.69. The summed E-state index contributed by atoms with van der Waals surface area (Å²) in [6, 6.07) is 4.20. The Morgan fingerprint density at radius 1 is 1.38 bits per heavy atom. The molecule has 1 amide bonds. The SMILES string of the molecule is CNS(=O)(=O)c1cc(C(=O)NCC(C)(C)N)ccc1OC. The summed E-state index contributed by atoms with van der Waals surface area (Å²) in [5.74, 6) is -0.233. The summed E-state index contributed by atoms with van der Waals surface area (Å²) < 4.78 is 31.1. The number of amides is 1. The van der Waals surface area contributed by atoms with E-state index in [0.29, 0.717) is 0 Å². The minimum atomic E-state index is -3.72. The molecule has 0 unspecified atom stereocenters. The van der Waals surface area contributed by atoms with E-state index in [0.717, 1.165) is 0 Å². The molecule has 1 rings (SSSR count). The Bertz CT molecular complexity index is 621. The first-order valence-electron chi connectivity index (χ1n) is 6.29. The Morgan fingerprint density at radius 3 is 2.48 bits per heavy atom. The third kappa shape index (κ3) is 4.69. The van der Waals surface area contributed by atoms with Crippen LogP contribution in [0.1, 0.15) is 24.2 Å². The Morgan fingerprint density at radius 2 is 2.00 bits per heavy atom. The molecule has 0 atom stereocenters. The van der Waals surface area contributed by atoms with Crippen molar-refractivity contribution in [2.24, 2.45) is 5.73 Å². The van der Waals surface area contributed by atoms with Gasteiger partial charge in [-0.1, -0.05) is 0 Å². The zero-order valence-corrected chi connectivity index (χ0v) is 13.4. The summed E-state index contributed by atoms with van der Waals surface area (Å²) in [7, 11) is -1.07. The molecular formula is C13H21N3O4S. The lowest BCUT2D eigenvalue weighted by Gasteiger charge is -2.19. The Kier molecular flexibility index (Phi) is 5.32. The fourth-order valence-electron chi connectivity index (χ4n) is 1.55. The van der Waals surface area contributed by atoms with Gasteiger partial charge in [-0.15, -0.1) is 0 Å². The highest BCUT2D eigenvalue weighted by molar-refractivity contribution is 7.89. The van der Waals surface area contributed by atoms with Crippen LogP contribution in [-0.4, -0.2) is 40.6 Å². The number of nitrogens with two attached hydrogens (primary N) is 1. The van der Waals surface area contributed by atoms with Crippen LogP contribution in [0.25, 0.3) is 0 Å². The summed E-state index contributed by atoms with van der Waals surface area (Å²) in [4.78, 5) is 11.9. The lowest BCUT2D eigenvalue weighted by Crippen LogP contribution is -2.45. The molecule has 8 heteroatoms. The molecular weight excluding hydrogens is 294 g/mol. The van der Waals surface area contributed by atoms with Crippen molar-refractivity contribution in [1.82, 2.24) is 10.0 Å². The number of methoxy groups -OCH3 is 1. The van der Waals surface area contributed by atoms with Gasteiger partial charge in [-0.2, -0.15) is 0 Å². The lowest BCUT2D eigenvalue weighted by molar-refractivity contribution is 0.0946. The van der Waals surface area contributed by atoms with Gasteiger partial charge in [0.05, 0.1) is 7.11 Å². The van der Waals surface area contributed by atoms with Gasteiger partial charge in [0.1, 0.15) is 10.6 Å². The number of nitrogens with one attached hydrogen (secondary N) is 2. The minimum Gasteiger partial charge on any atom is -0.495 e. The molecule has 0 fully saturated rings. The van der Waals surface area contributed by atoms with Crippen molar-refractivity contribution in [2.45, 2.75) is 24.3 Å². The van der Waals surface area contributed by atoms with Gasteiger partial charge in [-0.3, -0.25) is 4.79 Å². The van der Waals surface area contributed by atoms with Crippen LogP contribution in [0.2, 0.25) is 0 Å². The van der Waals surface area contributed by atoms with E-state index in [1.165, 1.54) is 32.4 Å². The van der Waals surface area contributed by atoms with Crippen molar-refractivity contribution in [3.05, 3.63) is 23.8 Å². The molecule has 0 aliphatic heterocycles. The molecule has 0 aliphatic rings. The van der Waals surface area contributed by atoms with Gasteiger partial charge in [-0.25, -0.2) is 13.1 Å². The van der Waals surface area contributed by atoms with E-state index in [-0.39, 0.29) is 22.8 Å². The molecule has 118 valence electrons. The first-order chi connectivity index (χ1) is 9.60. The molecule has 0 saturated heterocycles. The molecule has 1 aromatic carbocycles. The van der Waals surface area contributed by atoms with Gasteiger partial charge in [0, 0.05) is 17.6 Å². The Labute approximate surface area is 124 Å². The summed E-state index contributed by atoms with van der Waals surface area (Å²) >= 11 is 0. The normalized spacial score (nSPS) is 12.0. The molecule has 0 spiro atoms. The van der Waals surface area contributed by atoms with E-state index < -0.39 is 21.5 Å². The molecule has 0 bridgehead atoms. The lowest BCUT2D eigenvalue weighted by atomic mass is 10.1. The maximum atomic E-state index is 12.0. The van der Waals surface area contributed by atoms with Crippen LogP contribution in [0.5, 0.6) is 5.75 Å². The number of sulfonamides is 1. The highest BCUT2D eigenvalue weighted by atomic mass is 32.2. The number of hydrogen-bond acceptors (Lipinski definition) is 5. The van der Waals surface area contributed by atoms with E-state index in [2.05, 4.69) is 10.0 Å². The smallest absolute Gasteiger partial charge is 0.251 e. The zero-order chi connectivity index (χ0) is 16.3. The van der Waals surface area contributed by atoms with Crippen LogP contribution in [-0.2, 0) is 10.0 Å². The molecule has 21 heavy (non-hydrogen) atoms. The number of ether oxygens (including phenoxy) is 1. The summed E-state index contributed by atoms with van der Waals surface area (Å²) in [5.41, 5.74) is 5.45. The summed E-state index contributed by atoms with van der Waals surface area (Å²) in [6.45, 7) is 3.82. The van der Waals surface area contributed by atoms with Crippen molar-refractivity contribution in [3.63, 3.8) is 0 Å². The van der Waals surface area contributed by atoms with Gasteiger partial charge in [0.2, 0.25) is 10.0 Å². The maximum Gasteiger partial charge on any atom is 0.251 e. The second-order valence-corrected chi connectivity index (χ2v) is 7.10. The van der Waals surface area contributed by atoms with Gasteiger partial charge in [-0.05, 0) is 39.1 Å². The fourth-order valence-corrected chi connectivity index (χ4v) is 2.47. The van der Waals surface area contributed by atoms with Gasteiger partial charge < -0.3 is 15.8 Å². The molecule has 0 aliphatic carbocycles. The van der Waals surface area contributed by atoms with Crippen LogP contribution >= 0.6 is 0 Å². The standard InChI is InChI=1S/C13H21N3O4S/c1-13(2,14)8-16-12(17)9-5-6-10(20-4)11(7-9)21(18,19)15-3/h5-7,15H,8,14H2,1-4H3,(H,16,17). The molecule has 0 radical (unpaired) electrons. The van der Waals surface area contributed by atoms with Crippen molar-refractivity contribution < 1.29 is 17.9 Å². The number of carbonyl (C=O) groups excluding carboxylic acids is 1. The fraction of sp³-hybridized carbons (Fsp3) is 0.462. The van der Waals surface area contributed by atoms with Crippen LogP contribution in [0, 0.1) is 0 Å². The van der Waals surface area contributed by atoms with Crippen molar-refractivity contribution >= 4 is 15.9 Å². The third-order valence-corrected chi connectivity index (χ3v) is 4.12. The minimum absolute atomic E-state index is 0.0906. The predicted octanol–water partition coefficient (Wildman–Crippen LogP) is 0.0704. The van der Waals surface area contributed by atoms with E-state index in [4.69, 9.17) is 10.5 Å². The van der Waals surface area contributed by atoms with E-state index in [1.807, 2.05) is 0 Å². The topological polar surface area (TPSA) is 111 Å². The van der Waals surface area contributed by atoms with Gasteiger partial charge in [0.15, 0.2) is 0 Å². The monoisotopic (exact) mass is 315 g/mol. The average molecular weight is 315 g/mol. The van der Waals surface area contributed by atoms with Crippen LogP contribution in [0.4, 0.5) is 0 Å². The first-order valence-corrected chi connectivity index (χ1v) is 7.78. The number of carbonyl (C=O) groups is 1. The van der Waals surface area contributed by atoms with Gasteiger partial charge in [0.25, 0.3) is 5.91 Å². The van der Waals surface area contributed by atoms with Crippen LogP contribution < -0.4 is 20.5 Å². The molecule has 4 N–H and O–H groups in total. The summed E-state index contributed by atoms with van der Waals surface area (Å²) in [6.07, 6.45) is 0. The zero-order valence-electron chi connectivity index (χ0n) is 12.6. The second kappa shape index (κ2) is 6.42. The molecule has 0 heterocycles. The number of hydrogen-bond donors (Lipinski definition) is 3. The largest absolute Gasteiger partial charge is 0.495 e. The Hall–Kier alpha value is -1.64. The molecule has 0 saturated carbocycles. The summed E-state index contributed by atoms with van der Waals surface area (Å²) in [5, 5.41) is 2.65. The van der Waals surface area contributed by atoms with E-state index in [9.17, 15) is 13.2 Å². The molecule has 7 nitrogen and oxygen atoms in total. The first kappa shape index (κ1) is 17.4. The second-order valence-electron chi connectivity index (χ2n) is 5.24. The predicted molar refractivity (Wildman–Crippen MR) is 79.8 cm³/mol. The van der Waals surface area contributed by atoms with Crippen molar-refractivity contribution in [3.8, 4) is 5.75 Å². The van der Waals surface area contributed by atoms with Crippen molar-refractivity contribution in [1.29, 1.82) is 0 Å². The highest BCUT2D eigenvalue weighted by Gasteiger charge is 2.20. The van der Waals surface area contributed by atoms with E-state index in [1.54, 1.807) is 13.8 Å². The van der Waals surface area contributed by atoms with E-state index >= 15 is 0 Å². The average Bonchev–Trinajstić information content (AvgIpc) is 2.43. The quantitative estimate of drug-likeness (QED) is 0.688. The van der Waals surface area contributed by atoms with Gasteiger partial charge >= 0.3 is 0 Å². The maximum absolute atomic E-state index is 12.0. The molecule has 1 aromatic rings. The Balaban J connectivity index is 3.12. The van der Waals surface area contributed by atoms with Crippen molar-refractivity contribution in [2.75, 3.05) is 20.7 Å². The van der Waals surface area contributed by atoms with Crippen LogP contribution in [0.3, 0.4) is 0 Å². The molecule has 0 aromatic heterocycles. The number of rotatable bonds is 6. The highest BCUT2D eigenvalue weighted by Crippen LogP contribution is 2.24.